The van der Waals surface area contributed by atoms with Crippen molar-refractivity contribution in [3.05, 3.63) is 0 Å². The van der Waals surface area contributed by atoms with E-state index in [1.165, 1.54) is 6.42 Å². The van der Waals surface area contributed by atoms with E-state index in [4.69, 9.17) is 14.2 Å². The molecular formula is C18H34N4O3. The van der Waals surface area contributed by atoms with Gasteiger partial charge in [-0.05, 0) is 51.9 Å². The Balaban J connectivity index is 1.48. The summed E-state index contributed by atoms with van der Waals surface area (Å²) in [4.78, 5) is 0. The number of rotatable bonds is 0. The van der Waals surface area contributed by atoms with Crippen LogP contribution in [0.1, 0.15) is 46.0 Å². The molecule has 0 spiro atoms. The molecule has 6 unspecified atom stereocenters. The molecule has 7 heteroatoms. The van der Waals surface area contributed by atoms with E-state index in [9.17, 15) is 0 Å². The van der Waals surface area contributed by atoms with Crippen LogP contribution in [0, 0.1) is 5.92 Å². The normalized spacial score (nSPS) is 49.2. The summed E-state index contributed by atoms with van der Waals surface area (Å²) in [5.74, 6) is 0.602. The largest absolute Gasteiger partial charge is 0.379 e. The molecule has 144 valence electrons. The first kappa shape index (κ1) is 18.1. The smallest absolute Gasteiger partial charge is 0.164 e. The highest BCUT2D eigenvalue weighted by Gasteiger charge is 2.45. The third-order valence-electron chi connectivity index (χ3n) is 6.15. The van der Waals surface area contributed by atoms with Gasteiger partial charge in [0.15, 0.2) is 6.35 Å². The summed E-state index contributed by atoms with van der Waals surface area (Å²) in [5.41, 5.74) is 7.12. The highest BCUT2D eigenvalue weighted by atomic mass is 16.5. The Hall–Kier alpha value is -0.280. The predicted molar refractivity (Wildman–Crippen MR) is 94.8 cm³/mol. The number of hydrogen-bond acceptors (Lipinski definition) is 7. The summed E-state index contributed by atoms with van der Waals surface area (Å²) < 4.78 is 18.3. The molecule has 0 aromatic heterocycles. The zero-order chi connectivity index (χ0) is 17.2. The van der Waals surface area contributed by atoms with Gasteiger partial charge in [0.2, 0.25) is 0 Å². The summed E-state index contributed by atoms with van der Waals surface area (Å²) in [7, 11) is 0. The number of hydrazine groups is 1. The van der Waals surface area contributed by atoms with Gasteiger partial charge in [0, 0.05) is 31.3 Å². The molecule has 3 heterocycles. The third-order valence-corrected chi connectivity index (χ3v) is 6.15. The number of fused-ring (bicyclic) bond motifs is 4. The van der Waals surface area contributed by atoms with Gasteiger partial charge in [-0.15, -0.1) is 0 Å². The van der Waals surface area contributed by atoms with Crippen LogP contribution in [0.2, 0.25) is 0 Å². The SMILES string of the molecule is C[C@@H]1CCOC[C@H](C)OC2CCC3NNC(C4CCNC(N4)O1)C3C2. The lowest BCUT2D eigenvalue weighted by molar-refractivity contribution is -0.0793. The van der Waals surface area contributed by atoms with E-state index in [0.29, 0.717) is 43.4 Å². The van der Waals surface area contributed by atoms with Crippen LogP contribution in [0.5, 0.6) is 0 Å². The van der Waals surface area contributed by atoms with Gasteiger partial charge in [0.1, 0.15) is 0 Å². The minimum absolute atomic E-state index is 0.0747. The summed E-state index contributed by atoms with van der Waals surface area (Å²) in [5, 5.41) is 7.12. The van der Waals surface area contributed by atoms with Crippen LogP contribution in [0.3, 0.4) is 0 Å². The van der Waals surface area contributed by atoms with Crippen LogP contribution >= 0.6 is 0 Å². The molecule has 1 aliphatic carbocycles. The van der Waals surface area contributed by atoms with Crippen LogP contribution in [0.25, 0.3) is 0 Å². The Kier molecular flexibility index (Phi) is 5.91. The monoisotopic (exact) mass is 354 g/mol. The molecule has 0 amide bonds. The first-order valence-corrected chi connectivity index (χ1v) is 10.1. The van der Waals surface area contributed by atoms with Crippen molar-refractivity contribution in [1.29, 1.82) is 0 Å². The molecule has 25 heavy (non-hydrogen) atoms. The van der Waals surface area contributed by atoms with E-state index in [1.54, 1.807) is 0 Å². The average Bonchev–Trinajstić information content (AvgIpc) is 3.01. The van der Waals surface area contributed by atoms with Crippen LogP contribution in [-0.2, 0) is 14.2 Å². The van der Waals surface area contributed by atoms with E-state index in [1.807, 2.05) is 0 Å². The maximum atomic E-state index is 6.31. The predicted octanol–water partition coefficient (Wildman–Crippen LogP) is 0.466. The third kappa shape index (κ3) is 4.35. The lowest BCUT2D eigenvalue weighted by Gasteiger charge is -2.40. The van der Waals surface area contributed by atoms with Gasteiger partial charge in [0.25, 0.3) is 0 Å². The highest BCUT2D eigenvalue weighted by Crippen LogP contribution is 2.34. The minimum Gasteiger partial charge on any atom is -0.379 e. The van der Waals surface area contributed by atoms with Crippen molar-refractivity contribution in [2.45, 2.75) is 88.7 Å². The van der Waals surface area contributed by atoms with Crippen molar-refractivity contribution in [2.24, 2.45) is 5.92 Å². The summed E-state index contributed by atoms with van der Waals surface area (Å²) in [6.45, 7) is 6.62. The zero-order valence-corrected chi connectivity index (χ0v) is 15.5. The van der Waals surface area contributed by atoms with Gasteiger partial charge in [0.05, 0.1) is 24.9 Å². The highest BCUT2D eigenvalue weighted by molar-refractivity contribution is 5.02. The molecule has 4 aliphatic rings. The molecule has 3 aliphatic heterocycles. The number of nitrogens with one attached hydrogen (secondary N) is 4. The quantitative estimate of drug-likeness (QED) is 0.504. The van der Waals surface area contributed by atoms with Crippen molar-refractivity contribution in [1.82, 2.24) is 21.5 Å². The second-order valence-electron chi connectivity index (χ2n) is 8.17. The maximum absolute atomic E-state index is 6.31. The van der Waals surface area contributed by atoms with Gasteiger partial charge < -0.3 is 14.2 Å². The molecule has 3 saturated heterocycles. The molecule has 4 N–H and O–H groups in total. The van der Waals surface area contributed by atoms with Crippen LogP contribution in [0.15, 0.2) is 0 Å². The van der Waals surface area contributed by atoms with Gasteiger partial charge in [-0.3, -0.25) is 21.5 Å². The Morgan fingerprint density at radius 1 is 0.880 bits per heavy atom. The standard InChI is InChI=1S/C18H34N4O3/c1-11-6-8-23-10-12(2)24-13-3-4-15-14(9-13)17(22-21-15)16-5-7-19-18(20-16)25-11/h11-22H,3-10H2,1-2H3/t11-,12+,13?,14?,15?,16?,17?,18?/m1/s1. The van der Waals surface area contributed by atoms with Gasteiger partial charge in [-0.1, -0.05) is 0 Å². The molecule has 0 radical (unpaired) electrons. The van der Waals surface area contributed by atoms with Gasteiger partial charge in [-0.2, -0.15) is 0 Å². The Morgan fingerprint density at radius 3 is 2.72 bits per heavy atom. The lowest BCUT2D eigenvalue weighted by Crippen LogP contribution is -2.62. The summed E-state index contributed by atoms with van der Waals surface area (Å²) in [6.07, 6.45) is 6.03. The first-order chi connectivity index (χ1) is 12.2. The maximum Gasteiger partial charge on any atom is 0.164 e. The second kappa shape index (κ2) is 8.17. The van der Waals surface area contributed by atoms with E-state index in [0.717, 1.165) is 32.2 Å². The van der Waals surface area contributed by atoms with Crippen LogP contribution < -0.4 is 21.5 Å². The van der Waals surface area contributed by atoms with E-state index < -0.39 is 0 Å². The zero-order valence-electron chi connectivity index (χ0n) is 15.5. The molecule has 7 nitrogen and oxygen atoms in total. The van der Waals surface area contributed by atoms with Crippen molar-refractivity contribution in [2.75, 3.05) is 19.8 Å². The van der Waals surface area contributed by atoms with E-state index >= 15 is 0 Å². The number of ether oxygens (including phenoxy) is 3. The molecule has 8 atom stereocenters. The van der Waals surface area contributed by atoms with Crippen LogP contribution in [0.4, 0.5) is 0 Å². The van der Waals surface area contributed by atoms with E-state index in [2.05, 4.69) is 35.3 Å². The minimum atomic E-state index is -0.0747. The lowest BCUT2D eigenvalue weighted by atomic mass is 9.77. The average molecular weight is 354 g/mol. The van der Waals surface area contributed by atoms with Gasteiger partial charge >= 0.3 is 0 Å². The van der Waals surface area contributed by atoms with Crippen molar-refractivity contribution >= 4 is 0 Å². The second-order valence-corrected chi connectivity index (χ2v) is 8.17. The van der Waals surface area contributed by atoms with Crippen LogP contribution in [-0.4, -0.2) is 62.5 Å². The molecule has 0 aromatic carbocycles. The van der Waals surface area contributed by atoms with Crippen molar-refractivity contribution in [3.8, 4) is 0 Å². The topological polar surface area (TPSA) is 75.8 Å². The number of hydrogen-bond donors (Lipinski definition) is 4. The Labute approximate surface area is 150 Å². The first-order valence-electron chi connectivity index (χ1n) is 10.1. The molecule has 0 aromatic rings. The molecular weight excluding hydrogens is 320 g/mol. The molecule has 1 saturated carbocycles. The van der Waals surface area contributed by atoms with Crippen molar-refractivity contribution < 1.29 is 14.2 Å². The fourth-order valence-corrected chi connectivity index (χ4v) is 4.82. The Morgan fingerprint density at radius 2 is 1.80 bits per heavy atom. The molecule has 4 rings (SSSR count). The fourth-order valence-electron chi connectivity index (χ4n) is 4.82. The van der Waals surface area contributed by atoms with Crippen molar-refractivity contribution in [3.63, 3.8) is 0 Å². The Bertz CT molecular complexity index is 441. The van der Waals surface area contributed by atoms with E-state index in [-0.39, 0.29) is 18.6 Å². The summed E-state index contributed by atoms with van der Waals surface area (Å²) >= 11 is 0. The molecule has 4 fully saturated rings. The fraction of sp³-hybridized carbons (Fsp3) is 1.00. The molecule has 4 bridgehead atoms. The summed E-state index contributed by atoms with van der Waals surface area (Å²) in [6, 6.07) is 1.40. The van der Waals surface area contributed by atoms with Gasteiger partial charge in [-0.25, -0.2) is 0 Å².